The van der Waals surface area contributed by atoms with E-state index < -0.39 is 0 Å². The van der Waals surface area contributed by atoms with Gasteiger partial charge in [0.05, 0.1) is 24.9 Å². The Morgan fingerprint density at radius 3 is 2.58 bits per heavy atom. The number of nitrogens with one attached hydrogen (secondary N) is 2. The number of para-hydroxylation sites is 1. The van der Waals surface area contributed by atoms with E-state index in [1.54, 1.807) is 24.4 Å². The van der Waals surface area contributed by atoms with E-state index in [4.69, 9.17) is 16.3 Å². The number of amides is 1. The molecule has 0 spiro atoms. The van der Waals surface area contributed by atoms with Crippen LogP contribution in [-0.4, -0.2) is 17.5 Å². The van der Waals surface area contributed by atoms with E-state index in [0.29, 0.717) is 23.1 Å². The molecule has 0 bridgehead atoms. The molecule has 0 fully saturated rings. The maximum Gasteiger partial charge on any atom is 0.227 e. The Morgan fingerprint density at radius 1 is 1.00 bits per heavy atom. The first kappa shape index (κ1) is 17.8. The van der Waals surface area contributed by atoms with Gasteiger partial charge >= 0.3 is 0 Å². The van der Waals surface area contributed by atoms with Crippen LogP contribution in [0, 0.1) is 0 Å². The maximum atomic E-state index is 12.0. The summed E-state index contributed by atoms with van der Waals surface area (Å²) in [6.45, 7) is 0.317. The average Bonchev–Trinajstić information content (AvgIpc) is 2.64. The topological polar surface area (TPSA) is 63.2 Å². The third kappa shape index (κ3) is 5.50. The summed E-state index contributed by atoms with van der Waals surface area (Å²) in [5, 5.41) is 6.60. The van der Waals surface area contributed by atoms with Crippen molar-refractivity contribution >= 4 is 34.7 Å². The highest BCUT2D eigenvalue weighted by Gasteiger charge is 2.04. The van der Waals surface area contributed by atoms with E-state index >= 15 is 0 Å². The number of ether oxygens (including phenoxy) is 1. The van der Waals surface area contributed by atoms with Gasteiger partial charge in [-0.05, 0) is 42.5 Å². The molecule has 3 rings (SSSR count). The number of benzene rings is 2. The van der Waals surface area contributed by atoms with Crippen LogP contribution in [0.15, 0.2) is 72.9 Å². The van der Waals surface area contributed by atoms with Crippen LogP contribution in [-0.2, 0) is 4.79 Å². The second kappa shape index (κ2) is 8.87. The molecule has 0 unspecified atom stereocenters. The van der Waals surface area contributed by atoms with Crippen LogP contribution in [0.4, 0.5) is 17.2 Å². The van der Waals surface area contributed by atoms with Crippen LogP contribution < -0.4 is 15.4 Å². The van der Waals surface area contributed by atoms with Crippen LogP contribution in [0.5, 0.6) is 5.75 Å². The molecular weight excluding hydrogens is 350 g/mol. The second-order valence-corrected chi connectivity index (χ2v) is 5.96. The predicted octanol–water partition coefficient (Wildman–Crippen LogP) is 4.89. The van der Waals surface area contributed by atoms with Crippen LogP contribution in [0.3, 0.4) is 0 Å². The molecule has 0 radical (unpaired) electrons. The molecular formula is C20H18ClN3O2. The second-order valence-electron chi connectivity index (χ2n) is 5.53. The van der Waals surface area contributed by atoms with Crippen molar-refractivity contribution in [2.75, 3.05) is 17.2 Å². The van der Waals surface area contributed by atoms with Crippen LogP contribution in [0.1, 0.15) is 6.42 Å². The van der Waals surface area contributed by atoms with Gasteiger partial charge in [0.1, 0.15) is 11.6 Å². The van der Waals surface area contributed by atoms with Crippen molar-refractivity contribution < 1.29 is 9.53 Å². The van der Waals surface area contributed by atoms with Gasteiger partial charge in [-0.25, -0.2) is 4.98 Å². The molecule has 0 aliphatic carbocycles. The molecule has 26 heavy (non-hydrogen) atoms. The van der Waals surface area contributed by atoms with Gasteiger partial charge in [0, 0.05) is 10.7 Å². The summed E-state index contributed by atoms with van der Waals surface area (Å²) in [5.41, 5.74) is 1.48. The molecule has 0 aliphatic rings. The van der Waals surface area contributed by atoms with Crippen molar-refractivity contribution in [3.63, 3.8) is 0 Å². The minimum atomic E-state index is -0.127. The standard InChI is InChI=1S/C20H18ClN3O2/c21-15-5-4-6-16(13-15)23-19-10-9-17(14-22-19)24-20(25)11-12-26-18-7-2-1-3-8-18/h1-10,13-14H,11-12H2,(H,22,23)(H,24,25). The average molecular weight is 368 g/mol. The number of carbonyl (C=O) groups excluding carboxylic acids is 1. The van der Waals surface area contributed by atoms with Crippen molar-refractivity contribution in [2.24, 2.45) is 0 Å². The molecule has 3 aromatic rings. The molecule has 1 amide bonds. The lowest BCUT2D eigenvalue weighted by Gasteiger charge is -2.09. The minimum Gasteiger partial charge on any atom is -0.493 e. The summed E-state index contributed by atoms with van der Waals surface area (Å²) in [5.74, 6) is 1.29. The zero-order valence-electron chi connectivity index (χ0n) is 14.0. The predicted molar refractivity (Wildman–Crippen MR) is 104 cm³/mol. The molecule has 6 heteroatoms. The number of hydrogen-bond donors (Lipinski definition) is 2. The SMILES string of the molecule is O=C(CCOc1ccccc1)Nc1ccc(Nc2cccc(Cl)c2)nc1. The maximum absolute atomic E-state index is 12.0. The van der Waals surface area contributed by atoms with Gasteiger partial charge < -0.3 is 15.4 Å². The first-order chi connectivity index (χ1) is 12.7. The Hall–Kier alpha value is -3.05. The largest absolute Gasteiger partial charge is 0.493 e. The van der Waals surface area contributed by atoms with Crippen molar-refractivity contribution in [2.45, 2.75) is 6.42 Å². The highest BCUT2D eigenvalue weighted by molar-refractivity contribution is 6.30. The van der Waals surface area contributed by atoms with E-state index in [1.807, 2.05) is 48.5 Å². The van der Waals surface area contributed by atoms with Gasteiger partial charge in [-0.15, -0.1) is 0 Å². The number of aromatic nitrogens is 1. The molecule has 132 valence electrons. The van der Waals surface area contributed by atoms with Crippen molar-refractivity contribution in [1.29, 1.82) is 0 Å². The number of nitrogens with zero attached hydrogens (tertiary/aromatic N) is 1. The number of anilines is 3. The molecule has 2 N–H and O–H groups in total. The number of halogens is 1. The molecule has 1 heterocycles. The lowest BCUT2D eigenvalue weighted by Crippen LogP contribution is -2.15. The van der Waals surface area contributed by atoms with Gasteiger partial charge in [-0.3, -0.25) is 4.79 Å². The molecule has 1 aromatic heterocycles. The van der Waals surface area contributed by atoms with Gasteiger partial charge in [-0.2, -0.15) is 0 Å². The van der Waals surface area contributed by atoms with Crippen molar-refractivity contribution in [3.8, 4) is 5.75 Å². The smallest absolute Gasteiger partial charge is 0.227 e. The van der Waals surface area contributed by atoms with Crippen LogP contribution >= 0.6 is 11.6 Å². The van der Waals surface area contributed by atoms with E-state index in [-0.39, 0.29) is 12.3 Å². The first-order valence-corrected chi connectivity index (χ1v) is 8.53. The molecule has 0 aliphatic heterocycles. The zero-order chi connectivity index (χ0) is 18.2. The lowest BCUT2D eigenvalue weighted by atomic mass is 10.3. The fourth-order valence-electron chi connectivity index (χ4n) is 2.26. The van der Waals surface area contributed by atoms with Gasteiger partial charge in [-0.1, -0.05) is 35.9 Å². The summed E-state index contributed by atoms with van der Waals surface area (Å²) in [4.78, 5) is 16.3. The Bertz CT molecular complexity index is 854. The highest BCUT2D eigenvalue weighted by atomic mass is 35.5. The Morgan fingerprint density at radius 2 is 1.85 bits per heavy atom. The van der Waals surface area contributed by atoms with E-state index in [1.165, 1.54) is 0 Å². The Kier molecular flexibility index (Phi) is 6.06. The van der Waals surface area contributed by atoms with Gasteiger partial charge in [0.2, 0.25) is 5.91 Å². The lowest BCUT2D eigenvalue weighted by molar-refractivity contribution is -0.116. The fourth-order valence-corrected chi connectivity index (χ4v) is 2.45. The summed E-state index contributed by atoms with van der Waals surface area (Å²) in [7, 11) is 0. The normalized spacial score (nSPS) is 10.2. The summed E-state index contributed by atoms with van der Waals surface area (Å²) < 4.78 is 5.51. The molecule has 0 atom stereocenters. The van der Waals surface area contributed by atoms with Crippen molar-refractivity contribution in [3.05, 3.63) is 77.9 Å². The number of rotatable bonds is 7. The Labute approximate surface area is 157 Å². The highest BCUT2D eigenvalue weighted by Crippen LogP contribution is 2.19. The number of pyridine rings is 1. The zero-order valence-corrected chi connectivity index (χ0v) is 14.7. The van der Waals surface area contributed by atoms with E-state index in [9.17, 15) is 4.79 Å². The van der Waals surface area contributed by atoms with Crippen molar-refractivity contribution in [1.82, 2.24) is 4.98 Å². The van der Waals surface area contributed by atoms with Gasteiger partial charge in [0.15, 0.2) is 0 Å². The number of hydrogen-bond acceptors (Lipinski definition) is 4. The third-order valence-electron chi connectivity index (χ3n) is 3.49. The Balaban J connectivity index is 1.46. The van der Waals surface area contributed by atoms with E-state index in [2.05, 4.69) is 15.6 Å². The molecule has 2 aromatic carbocycles. The number of carbonyl (C=O) groups is 1. The fraction of sp³-hybridized carbons (Fsp3) is 0.100. The van der Waals surface area contributed by atoms with Crippen LogP contribution in [0.25, 0.3) is 0 Å². The monoisotopic (exact) mass is 367 g/mol. The van der Waals surface area contributed by atoms with Gasteiger partial charge in [0.25, 0.3) is 0 Å². The quantitative estimate of drug-likeness (QED) is 0.624. The molecule has 0 saturated heterocycles. The molecule has 0 saturated carbocycles. The van der Waals surface area contributed by atoms with Crippen LogP contribution in [0.2, 0.25) is 5.02 Å². The first-order valence-electron chi connectivity index (χ1n) is 8.15. The van der Waals surface area contributed by atoms with E-state index in [0.717, 1.165) is 11.4 Å². The third-order valence-corrected chi connectivity index (χ3v) is 3.72. The summed E-state index contributed by atoms with van der Waals surface area (Å²) in [6.07, 6.45) is 1.86. The summed E-state index contributed by atoms with van der Waals surface area (Å²) >= 11 is 5.96. The summed E-state index contributed by atoms with van der Waals surface area (Å²) in [6, 6.07) is 20.4. The molecule has 5 nitrogen and oxygen atoms in total. The minimum absolute atomic E-state index is 0.127.